The summed E-state index contributed by atoms with van der Waals surface area (Å²) in [6.07, 6.45) is 1.47. The summed E-state index contributed by atoms with van der Waals surface area (Å²) in [6, 6.07) is 12.5. The van der Waals surface area contributed by atoms with E-state index in [-0.39, 0.29) is 17.0 Å². The van der Waals surface area contributed by atoms with E-state index < -0.39 is 16.0 Å². The van der Waals surface area contributed by atoms with Crippen molar-refractivity contribution in [3.63, 3.8) is 0 Å². The quantitative estimate of drug-likeness (QED) is 0.760. The molecule has 2 aromatic carbocycles. The van der Waals surface area contributed by atoms with E-state index in [1.54, 1.807) is 6.07 Å². The van der Waals surface area contributed by atoms with Crippen LogP contribution < -0.4 is 4.72 Å². The van der Waals surface area contributed by atoms with Gasteiger partial charge in [-0.05, 0) is 41.7 Å². The third kappa shape index (κ3) is 4.55. The molecule has 6 nitrogen and oxygen atoms in total. The standard InChI is InChI=1S/C20H24N2O4S/c1-2-15-7-8-17(20(23)24)13-19(15)27(25,26)21-10-12-22-11-9-16-5-3-4-6-18(16)14-22/h3-8,13,21H,2,9-12,14H2,1H3,(H,23,24). The van der Waals surface area contributed by atoms with Crippen LogP contribution in [0.2, 0.25) is 0 Å². The van der Waals surface area contributed by atoms with Gasteiger partial charge < -0.3 is 5.11 Å². The highest BCUT2D eigenvalue weighted by Gasteiger charge is 2.21. The molecule has 0 bridgehead atoms. The largest absolute Gasteiger partial charge is 0.478 e. The molecule has 1 aliphatic rings. The summed E-state index contributed by atoms with van der Waals surface area (Å²) in [4.78, 5) is 13.5. The van der Waals surface area contributed by atoms with Crippen molar-refractivity contribution in [3.8, 4) is 0 Å². The van der Waals surface area contributed by atoms with Crippen molar-refractivity contribution in [2.24, 2.45) is 0 Å². The summed E-state index contributed by atoms with van der Waals surface area (Å²) in [5, 5.41) is 9.14. The van der Waals surface area contributed by atoms with Crippen molar-refractivity contribution in [3.05, 3.63) is 64.7 Å². The number of fused-ring (bicyclic) bond motifs is 1. The Balaban J connectivity index is 1.66. The minimum absolute atomic E-state index is 0.0276. The van der Waals surface area contributed by atoms with Crippen LogP contribution in [0.5, 0.6) is 0 Å². The minimum atomic E-state index is -3.76. The van der Waals surface area contributed by atoms with Gasteiger partial charge in [0.15, 0.2) is 0 Å². The first-order valence-electron chi connectivity index (χ1n) is 9.05. The summed E-state index contributed by atoms with van der Waals surface area (Å²) in [5.74, 6) is -1.14. The van der Waals surface area contributed by atoms with Crippen molar-refractivity contribution in [2.45, 2.75) is 31.2 Å². The zero-order valence-corrected chi connectivity index (χ0v) is 16.1. The molecule has 0 fully saturated rings. The first-order valence-corrected chi connectivity index (χ1v) is 10.5. The molecule has 27 heavy (non-hydrogen) atoms. The van der Waals surface area contributed by atoms with Crippen LogP contribution in [0, 0.1) is 0 Å². The molecule has 2 aromatic rings. The normalized spacial score (nSPS) is 14.7. The topological polar surface area (TPSA) is 86.7 Å². The molecule has 0 saturated heterocycles. The molecular formula is C20H24N2O4S. The molecular weight excluding hydrogens is 364 g/mol. The fraction of sp³-hybridized carbons (Fsp3) is 0.350. The van der Waals surface area contributed by atoms with E-state index in [0.717, 1.165) is 19.5 Å². The number of nitrogens with zero attached hydrogens (tertiary/aromatic N) is 1. The predicted octanol–water partition coefficient (Wildman–Crippen LogP) is 2.28. The van der Waals surface area contributed by atoms with E-state index >= 15 is 0 Å². The number of rotatable bonds is 7. The molecule has 0 atom stereocenters. The Hall–Kier alpha value is -2.22. The average Bonchev–Trinajstić information content (AvgIpc) is 2.67. The van der Waals surface area contributed by atoms with Gasteiger partial charge in [0, 0.05) is 26.2 Å². The first-order chi connectivity index (χ1) is 12.9. The fourth-order valence-corrected chi connectivity index (χ4v) is 4.75. The molecule has 1 heterocycles. The number of carboxylic acid groups (broad SMARTS) is 1. The van der Waals surface area contributed by atoms with Crippen molar-refractivity contribution in [2.75, 3.05) is 19.6 Å². The Kier molecular flexibility index (Phi) is 5.94. The van der Waals surface area contributed by atoms with Gasteiger partial charge in [-0.1, -0.05) is 37.3 Å². The molecule has 2 N–H and O–H groups in total. The Morgan fingerprint density at radius 1 is 1.19 bits per heavy atom. The molecule has 0 spiro atoms. The number of hydrogen-bond donors (Lipinski definition) is 2. The number of aryl methyl sites for hydroxylation is 1. The zero-order chi connectivity index (χ0) is 19.4. The smallest absolute Gasteiger partial charge is 0.335 e. The van der Waals surface area contributed by atoms with Crippen molar-refractivity contribution < 1.29 is 18.3 Å². The van der Waals surface area contributed by atoms with Crippen LogP contribution in [0.15, 0.2) is 47.4 Å². The minimum Gasteiger partial charge on any atom is -0.478 e. The summed E-state index contributed by atoms with van der Waals surface area (Å²) in [6.45, 7) is 4.44. The Morgan fingerprint density at radius 2 is 1.93 bits per heavy atom. The Labute approximate surface area is 159 Å². The average molecular weight is 388 g/mol. The van der Waals surface area contributed by atoms with Crippen LogP contribution in [-0.4, -0.2) is 44.0 Å². The molecule has 144 valence electrons. The number of benzene rings is 2. The van der Waals surface area contributed by atoms with E-state index in [0.29, 0.717) is 18.5 Å². The number of carboxylic acids is 1. The summed E-state index contributed by atoms with van der Waals surface area (Å²) in [7, 11) is -3.76. The van der Waals surface area contributed by atoms with E-state index in [1.165, 1.54) is 23.3 Å². The summed E-state index contributed by atoms with van der Waals surface area (Å²) < 4.78 is 28.0. The molecule has 0 amide bonds. The van der Waals surface area contributed by atoms with Gasteiger partial charge in [-0.25, -0.2) is 17.9 Å². The number of carbonyl (C=O) groups is 1. The maximum atomic E-state index is 12.7. The van der Waals surface area contributed by atoms with Crippen molar-refractivity contribution in [1.82, 2.24) is 9.62 Å². The second kappa shape index (κ2) is 8.21. The highest BCUT2D eigenvalue weighted by atomic mass is 32.2. The van der Waals surface area contributed by atoms with Crippen LogP contribution in [0.1, 0.15) is 34.0 Å². The van der Waals surface area contributed by atoms with Crippen molar-refractivity contribution >= 4 is 16.0 Å². The Bertz CT molecular complexity index is 941. The molecule has 0 aliphatic carbocycles. The van der Waals surface area contributed by atoms with E-state index in [9.17, 15) is 13.2 Å². The second-order valence-electron chi connectivity index (χ2n) is 6.67. The Morgan fingerprint density at radius 3 is 2.63 bits per heavy atom. The lowest BCUT2D eigenvalue weighted by Crippen LogP contribution is -2.38. The van der Waals surface area contributed by atoms with Crippen LogP contribution in [-0.2, 0) is 29.4 Å². The number of aromatic carboxylic acids is 1. The summed E-state index contributed by atoms with van der Waals surface area (Å²) in [5.41, 5.74) is 3.22. The number of hydrogen-bond acceptors (Lipinski definition) is 4. The zero-order valence-electron chi connectivity index (χ0n) is 15.3. The van der Waals surface area contributed by atoms with Gasteiger partial charge in [-0.2, -0.15) is 0 Å². The number of sulfonamides is 1. The molecule has 0 aromatic heterocycles. The van der Waals surface area contributed by atoms with E-state index in [1.807, 2.05) is 19.1 Å². The maximum absolute atomic E-state index is 12.7. The van der Waals surface area contributed by atoms with E-state index in [2.05, 4.69) is 21.8 Å². The van der Waals surface area contributed by atoms with Crippen LogP contribution in [0.3, 0.4) is 0 Å². The van der Waals surface area contributed by atoms with Gasteiger partial charge in [0.1, 0.15) is 0 Å². The number of nitrogens with one attached hydrogen (secondary N) is 1. The van der Waals surface area contributed by atoms with Gasteiger partial charge in [-0.3, -0.25) is 4.90 Å². The predicted molar refractivity (Wildman–Crippen MR) is 103 cm³/mol. The highest BCUT2D eigenvalue weighted by molar-refractivity contribution is 7.89. The van der Waals surface area contributed by atoms with Gasteiger partial charge in [0.05, 0.1) is 10.5 Å². The lowest BCUT2D eigenvalue weighted by atomic mass is 10.0. The van der Waals surface area contributed by atoms with E-state index in [4.69, 9.17) is 5.11 Å². The second-order valence-corrected chi connectivity index (χ2v) is 8.41. The molecule has 3 rings (SSSR count). The lowest BCUT2D eigenvalue weighted by molar-refractivity contribution is 0.0696. The molecule has 0 unspecified atom stereocenters. The molecule has 0 saturated carbocycles. The lowest BCUT2D eigenvalue weighted by Gasteiger charge is -2.28. The highest BCUT2D eigenvalue weighted by Crippen LogP contribution is 2.20. The SMILES string of the molecule is CCc1ccc(C(=O)O)cc1S(=O)(=O)NCCN1CCc2ccccc2C1. The maximum Gasteiger partial charge on any atom is 0.335 e. The molecule has 1 aliphatic heterocycles. The third-order valence-electron chi connectivity index (χ3n) is 4.91. The fourth-order valence-electron chi connectivity index (χ4n) is 3.39. The van der Waals surface area contributed by atoms with Gasteiger partial charge >= 0.3 is 5.97 Å². The summed E-state index contributed by atoms with van der Waals surface area (Å²) >= 11 is 0. The van der Waals surface area contributed by atoms with Gasteiger partial charge in [0.2, 0.25) is 10.0 Å². The van der Waals surface area contributed by atoms with Gasteiger partial charge in [-0.15, -0.1) is 0 Å². The molecule has 0 radical (unpaired) electrons. The molecule has 7 heteroatoms. The first kappa shape index (κ1) is 19.5. The van der Waals surface area contributed by atoms with Crippen LogP contribution >= 0.6 is 0 Å². The van der Waals surface area contributed by atoms with Crippen molar-refractivity contribution in [1.29, 1.82) is 0 Å². The van der Waals surface area contributed by atoms with Crippen LogP contribution in [0.4, 0.5) is 0 Å². The third-order valence-corrected chi connectivity index (χ3v) is 6.46. The monoisotopic (exact) mass is 388 g/mol. The van der Waals surface area contributed by atoms with Gasteiger partial charge in [0.25, 0.3) is 0 Å². The van der Waals surface area contributed by atoms with Crippen LogP contribution in [0.25, 0.3) is 0 Å².